The maximum atomic E-state index is 12.7. The van der Waals surface area contributed by atoms with Crippen molar-refractivity contribution >= 4 is 100 Å². The van der Waals surface area contributed by atoms with Gasteiger partial charge < -0.3 is 56.8 Å². The van der Waals surface area contributed by atoms with Crippen LogP contribution in [0.2, 0.25) is 0 Å². The molecule has 0 saturated carbocycles. The zero-order valence-corrected chi connectivity index (χ0v) is 48.1. The molecule has 450 valence electrons. The van der Waals surface area contributed by atoms with E-state index in [1.807, 2.05) is 146 Å². The summed E-state index contributed by atoms with van der Waals surface area (Å²) in [6.45, 7) is 1.34. The van der Waals surface area contributed by atoms with E-state index in [1.54, 1.807) is 0 Å². The van der Waals surface area contributed by atoms with Gasteiger partial charge in [-0.15, -0.1) is 0 Å². The molecule has 11 rings (SSSR count). The molecule has 2 aliphatic rings. The fourth-order valence-electron chi connectivity index (χ4n) is 10.3. The van der Waals surface area contributed by atoms with E-state index in [1.165, 1.54) is 0 Å². The van der Waals surface area contributed by atoms with Crippen molar-refractivity contribution in [3.8, 4) is 34.5 Å². The first-order chi connectivity index (χ1) is 42.7. The van der Waals surface area contributed by atoms with Crippen LogP contribution in [-0.2, 0) is 57.2 Å². The summed E-state index contributed by atoms with van der Waals surface area (Å²) in [6, 6.07) is 46.1. The summed E-state index contributed by atoms with van der Waals surface area (Å²) in [5.41, 5.74) is 0. The topological polar surface area (TPSA) is 213 Å². The summed E-state index contributed by atoms with van der Waals surface area (Å²) < 4.78 is 70.4. The number of carbonyl (C=O) groups excluding carboxylic acids is 6. The number of hydrogen-bond donors (Lipinski definition) is 0. The summed E-state index contributed by atoms with van der Waals surface area (Å²) >= 11 is 0. The lowest BCUT2D eigenvalue weighted by molar-refractivity contribution is -0.156. The molecule has 0 spiro atoms. The highest BCUT2D eigenvalue weighted by molar-refractivity contribution is 6.13. The lowest BCUT2D eigenvalue weighted by Crippen LogP contribution is -2.16. The monoisotopic (exact) mass is 1180 g/mol. The Morgan fingerprint density at radius 3 is 0.414 bits per heavy atom. The molecule has 0 fully saturated rings. The molecule has 0 radical (unpaired) electrons. The van der Waals surface area contributed by atoms with Crippen LogP contribution in [0.4, 0.5) is 0 Å². The lowest BCUT2D eigenvalue weighted by atomic mass is 10.0. The Morgan fingerprint density at radius 2 is 0.287 bits per heavy atom. The second-order valence-corrected chi connectivity index (χ2v) is 20.3. The smallest absolute Gasteiger partial charge is 0.317 e. The zero-order chi connectivity index (χ0) is 60.2. The van der Waals surface area contributed by atoms with Gasteiger partial charge in [0.1, 0.15) is 53.8 Å². The predicted octanol–water partition coefficient (Wildman–Crippen LogP) is 12.1. The number of fused-ring (bicyclic) bond motifs is 38. The average molecular weight is 1180 g/mol. The molecule has 2 aliphatic heterocycles. The van der Waals surface area contributed by atoms with E-state index in [0.717, 1.165) is 64.6 Å². The molecule has 2 heterocycles. The molecule has 0 aromatic heterocycles. The first-order valence-electron chi connectivity index (χ1n) is 29.2. The van der Waals surface area contributed by atoms with Crippen molar-refractivity contribution in [1.82, 2.24) is 0 Å². The minimum Gasteiger partial charge on any atom is -0.492 e. The summed E-state index contributed by atoms with van der Waals surface area (Å²) in [5, 5.41) is 9.69. The van der Waals surface area contributed by atoms with Crippen molar-refractivity contribution in [3.05, 3.63) is 146 Å². The maximum Gasteiger partial charge on any atom is 0.317 e. The molecular formula is C69H66O18. The van der Waals surface area contributed by atoms with Gasteiger partial charge in [-0.25, -0.2) is 0 Å². The molecule has 18 nitrogen and oxygen atoms in total. The minimum atomic E-state index is -0.718. The molecule has 9 aromatic carbocycles. The standard InChI is InChI=1S/C69H66O18/c70-58-43-60(72)78-33-15-39-84-66-50-23-5-7-25-52(50)68(53-26-8-6-24-51(53)66)86-41-17-35-80-62(74)45-63(75)81-36-18-42-87-69-56-29-11-9-27-54(56)67(55-28-10-12-30-57(55)69)85-40-16-34-79-61(73)44-59(71)77-32-14-38-83-65-47-20-2-1-19-46(47)64(82-37-13-31-76-58)48-21-3-4-22-49(48)65/h1-12,19-30H,13-18,31-45H2. The molecule has 87 heavy (non-hydrogen) atoms. The molecular weight excluding hydrogens is 1120 g/mol. The number of benzene rings is 9. The minimum absolute atomic E-state index is 0.0153. The first kappa shape index (κ1) is 60.3. The maximum absolute atomic E-state index is 12.7. The third-order valence-electron chi connectivity index (χ3n) is 14.2. The molecule has 0 unspecified atom stereocenters. The van der Waals surface area contributed by atoms with Crippen LogP contribution in [0.5, 0.6) is 34.5 Å². The van der Waals surface area contributed by atoms with Gasteiger partial charge in [-0.3, -0.25) is 28.8 Å². The van der Waals surface area contributed by atoms with Crippen LogP contribution in [0.1, 0.15) is 57.8 Å². The van der Waals surface area contributed by atoms with E-state index in [2.05, 4.69) is 0 Å². The van der Waals surface area contributed by atoms with Crippen LogP contribution in [0, 0.1) is 0 Å². The van der Waals surface area contributed by atoms with Gasteiger partial charge >= 0.3 is 35.8 Å². The van der Waals surface area contributed by atoms with Crippen molar-refractivity contribution in [2.24, 2.45) is 0 Å². The van der Waals surface area contributed by atoms with Gasteiger partial charge in [-0.05, 0) is 0 Å². The Bertz CT molecular complexity index is 3110. The number of ether oxygens (including phenoxy) is 12. The van der Waals surface area contributed by atoms with Gasteiger partial charge in [-0.1, -0.05) is 146 Å². The van der Waals surface area contributed by atoms with E-state index in [0.29, 0.717) is 73.0 Å². The zero-order valence-electron chi connectivity index (χ0n) is 48.1. The van der Waals surface area contributed by atoms with Gasteiger partial charge in [0.15, 0.2) is 0 Å². The number of esters is 6. The average Bonchev–Trinajstić information content (AvgIpc) is 1.20. The fraction of sp³-hybridized carbons (Fsp3) is 0.304. The highest BCUT2D eigenvalue weighted by Crippen LogP contribution is 2.45. The lowest BCUT2D eigenvalue weighted by Gasteiger charge is -2.18. The third kappa shape index (κ3) is 15.5. The Hall–Kier alpha value is -9.84. The van der Waals surface area contributed by atoms with Crippen LogP contribution < -0.4 is 28.4 Å². The third-order valence-corrected chi connectivity index (χ3v) is 14.2. The molecule has 0 atom stereocenters. The van der Waals surface area contributed by atoms with Crippen molar-refractivity contribution < 1.29 is 85.6 Å². The van der Waals surface area contributed by atoms with Crippen molar-refractivity contribution in [3.63, 3.8) is 0 Å². The number of carbonyl (C=O) groups is 6. The van der Waals surface area contributed by atoms with E-state index in [-0.39, 0.29) is 79.3 Å². The molecule has 0 aliphatic carbocycles. The Morgan fingerprint density at radius 1 is 0.172 bits per heavy atom. The largest absolute Gasteiger partial charge is 0.492 e. The summed E-state index contributed by atoms with van der Waals surface area (Å²) in [6.07, 6.45) is 0.429. The summed E-state index contributed by atoms with van der Waals surface area (Å²) in [5.74, 6) is -0.508. The van der Waals surface area contributed by atoms with Crippen LogP contribution in [-0.4, -0.2) is 115 Å². The Balaban J connectivity index is 0.774. The van der Waals surface area contributed by atoms with Crippen LogP contribution in [0.3, 0.4) is 0 Å². The Kier molecular flexibility index (Phi) is 21.0. The van der Waals surface area contributed by atoms with E-state index in [4.69, 9.17) is 56.8 Å². The quantitative estimate of drug-likeness (QED) is 0.0597. The highest BCUT2D eigenvalue weighted by atomic mass is 16.6. The second-order valence-electron chi connectivity index (χ2n) is 20.3. The Labute approximate surface area is 501 Å². The normalized spacial score (nSPS) is 16.6. The predicted molar refractivity (Wildman–Crippen MR) is 325 cm³/mol. The SMILES string of the molecule is O=C1CC(=O)OCCCOc2c3ccccc3c(c3ccccc23)OCCCOC(=O)CC(=O)OCCCOc2c3ccccc3c(c3ccccc23)OCCCOC(=O)CC(=O)OCCCOc2c3ccccc3c(c3ccccc23)OCCCO1. The molecule has 0 N–H and O–H groups in total. The van der Waals surface area contributed by atoms with E-state index in [9.17, 15) is 28.8 Å². The van der Waals surface area contributed by atoms with Crippen molar-refractivity contribution in [2.75, 3.05) is 79.3 Å². The fourth-order valence-corrected chi connectivity index (χ4v) is 10.3. The van der Waals surface area contributed by atoms with Gasteiger partial charge in [0.05, 0.1) is 79.3 Å². The van der Waals surface area contributed by atoms with E-state index < -0.39 is 55.1 Å². The molecule has 6 bridgehead atoms. The summed E-state index contributed by atoms with van der Waals surface area (Å²) in [7, 11) is 0. The van der Waals surface area contributed by atoms with Gasteiger partial charge in [-0.2, -0.15) is 0 Å². The van der Waals surface area contributed by atoms with Gasteiger partial charge in [0, 0.05) is 103 Å². The number of hydrogen-bond acceptors (Lipinski definition) is 18. The molecule has 0 saturated heterocycles. The molecule has 18 heteroatoms. The molecule has 9 aromatic rings. The summed E-state index contributed by atoms with van der Waals surface area (Å²) in [4.78, 5) is 76.0. The molecule has 0 amide bonds. The second kappa shape index (κ2) is 30.3. The highest BCUT2D eigenvalue weighted by Gasteiger charge is 2.22. The van der Waals surface area contributed by atoms with Crippen molar-refractivity contribution in [1.29, 1.82) is 0 Å². The van der Waals surface area contributed by atoms with Gasteiger partial charge in [0.2, 0.25) is 0 Å². The van der Waals surface area contributed by atoms with Crippen molar-refractivity contribution in [2.45, 2.75) is 57.8 Å². The van der Waals surface area contributed by atoms with E-state index >= 15 is 0 Å². The van der Waals surface area contributed by atoms with Gasteiger partial charge in [0.25, 0.3) is 0 Å². The van der Waals surface area contributed by atoms with Crippen LogP contribution in [0.15, 0.2) is 146 Å². The van der Waals surface area contributed by atoms with Crippen LogP contribution >= 0.6 is 0 Å². The van der Waals surface area contributed by atoms with Crippen LogP contribution in [0.25, 0.3) is 64.6 Å². The number of rotatable bonds is 0. The first-order valence-corrected chi connectivity index (χ1v) is 29.2.